The van der Waals surface area contributed by atoms with Crippen LogP contribution in [-0.2, 0) is 9.53 Å². The van der Waals surface area contributed by atoms with Gasteiger partial charge in [0, 0.05) is 29.1 Å². The van der Waals surface area contributed by atoms with E-state index in [0.717, 1.165) is 12.8 Å². The van der Waals surface area contributed by atoms with Gasteiger partial charge in [-0.25, -0.2) is 0 Å². The molecule has 4 rings (SSSR count). The molecule has 7 nitrogen and oxygen atoms in total. The summed E-state index contributed by atoms with van der Waals surface area (Å²) < 4.78 is 6.05. The molecule has 10 atom stereocenters. The zero-order valence-corrected chi connectivity index (χ0v) is 20.2. The molecule has 2 bridgehead atoms. The summed E-state index contributed by atoms with van der Waals surface area (Å²) in [5, 5.41) is 57.6. The number of hydrogen-bond donors (Lipinski definition) is 5. The van der Waals surface area contributed by atoms with Gasteiger partial charge in [0.25, 0.3) is 0 Å². The lowest BCUT2D eigenvalue weighted by molar-refractivity contribution is -0.202. The van der Waals surface area contributed by atoms with E-state index in [9.17, 15) is 30.3 Å². The summed E-state index contributed by atoms with van der Waals surface area (Å²) in [5.41, 5.74) is -6.10. The molecule has 6 unspecified atom stereocenters. The van der Waals surface area contributed by atoms with E-state index in [1.807, 2.05) is 6.92 Å². The van der Waals surface area contributed by atoms with Crippen LogP contribution in [0, 0.1) is 28.6 Å². The maximum Gasteiger partial charge on any atom is 0.306 e. The summed E-state index contributed by atoms with van der Waals surface area (Å²) in [5.74, 6) is -1.72. The van der Waals surface area contributed by atoms with Crippen LogP contribution in [0.1, 0.15) is 86.0 Å². The van der Waals surface area contributed by atoms with Crippen molar-refractivity contribution in [2.45, 2.75) is 121 Å². The smallest absolute Gasteiger partial charge is 0.306 e. The summed E-state index contributed by atoms with van der Waals surface area (Å²) in [6.07, 6.45) is 0.937. The fourth-order valence-corrected chi connectivity index (χ4v) is 8.49. The Kier molecular flexibility index (Phi) is 5.63. The summed E-state index contributed by atoms with van der Waals surface area (Å²) in [6, 6.07) is 0. The first-order valence-electron chi connectivity index (χ1n) is 12.4. The Morgan fingerprint density at radius 3 is 2.28 bits per heavy atom. The molecular weight excluding hydrogens is 412 g/mol. The van der Waals surface area contributed by atoms with E-state index in [2.05, 4.69) is 0 Å². The lowest BCUT2D eigenvalue weighted by atomic mass is 9.57. The van der Waals surface area contributed by atoms with Crippen LogP contribution < -0.4 is 0 Å². The van der Waals surface area contributed by atoms with Crippen molar-refractivity contribution in [2.24, 2.45) is 28.6 Å². The maximum absolute atomic E-state index is 12.7. The third kappa shape index (κ3) is 3.00. The highest BCUT2D eigenvalue weighted by Gasteiger charge is 2.77. The first-order chi connectivity index (χ1) is 14.7. The van der Waals surface area contributed by atoms with Gasteiger partial charge in [0.2, 0.25) is 0 Å². The molecule has 0 amide bonds. The number of carbonyl (C=O) groups excluding carboxylic acids is 1. The molecule has 4 saturated carbocycles. The highest BCUT2D eigenvalue weighted by Crippen LogP contribution is 2.70. The van der Waals surface area contributed by atoms with Gasteiger partial charge in [-0.15, -0.1) is 0 Å². The van der Waals surface area contributed by atoms with Gasteiger partial charge in [-0.05, 0) is 58.3 Å². The molecule has 5 N–H and O–H groups in total. The molecule has 1 spiro atoms. The van der Waals surface area contributed by atoms with Crippen LogP contribution >= 0.6 is 0 Å². The Hall–Kier alpha value is -0.730. The van der Waals surface area contributed by atoms with Crippen molar-refractivity contribution in [3.8, 4) is 0 Å². The van der Waals surface area contributed by atoms with Crippen LogP contribution in [0.5, 0.6) is 0 Å². The standard InChI is InChI=1S/C25H42O7/c1-6-7-8-19(28)32-20-14-9-10-15-23(5,30)16-11-17(26)21(2,3)25(16,31)18(27)12-24(15,20)13-22(14,4)29/h14-18,20,26-27,29-31H,6-13H2,1-5H3/t14?,15?,16?,17?,18?,20-,22-,23-,24+,25?/m1/s1. The topological polar surface area (TPSA) is 127 Å². The molecule has 0 aromatic rings. The van der Waals surface area contributed by atoms with Crippen LogP contribution in [0.25, 0.3) is 0 Å². The first kappa shape index (κ1) is 24.4. The molecule has 7 heteroatoms. The Balaban J connectivity index is 1.81. The van der Waals surface area contributed by atoms with Gasteiger partial charge in [-0.2, -0.15) is 0 Å². The van der Waals surface area contributed by atoms with Crippen molar-refractivity contribution < 1.29 is 35.1 Å². The van der Waals surface area contributed by atoms with Gasteiger partial charge in [-0.1, -0.05) is 27.2 Å². The lowest BCUT2D eigenvalue weighted by Gasteiger charge is -2.52. The largest absolute Gasteiger partial charge is 0.461 e. The van der Waals surface area contributed by atoms with Gasteiger partial charge < -0.3 is 30.3 Å². The summed E-state index contributed by atoms with van der Waals surface area (Å²) in [4.78, 5) is 12.7. The van der Waals surface area contributed by atoms with E-state index in [-0.39, 0.29) is 30.6 Å². The Morgan fingerprint density at radius 2 is 1.66 bits per heavy atom. The van der Waals surface area contributed by atoms with Gasteiger partial charge in [-0.3, -0.25) is 4.79 Å². The van der Waals surface area contributed by atoms with Crippen LogP contribution in [0.2, 0.25) is 0 Å². The number of aliphatic hydroxyl groups is 5. The summed E-state index contributed by atoms with van der Waals surface area (Å²) in [7, 11) is 0. The number of carbonyl (C=O) groups is 1. The zero-order valence-electron chi connectivity index (χ0n) is 20.2. The van der Waals surface area contributed by atoms with Gasteiger partial charge >= 0.3 is 5.97 Å². The highest BCUT2D eigenvalue weighted by molar-refractivity contribution is 5.69. The molecule has 0 heterocycles. The molecule has 0 aromatic heterocycles. The molecule has 0 radical (unpaired) electrons. The third-order valence-corrected chi connectivity index (χ3v) is 10.2. The van der Waals surface area contributed by atoms with Crippen LogP contribution in [0.15, 0.2) is 0 Å². The number of rotatable bonds is 4. The molecule has 0 saturated heterocycles. The van der Waals surface area contributed by atoms with Crippen LogP contribution in [0.4, 0.5) is 0 Å². The van der Waals surface area contributed by atoms with Crippen LogP contribution in [-0.4, -0.2) is 66.6 Å². The fourth-order valence-electron chi connectivity index (χ4n) is 8.49. The van der Waals surface area contributed by atoms with Crippen molar-refractivity contribution in [3.63, 3.8) is 0 Å². The molecule has 4 aliphatic rings. The number of hydrogen-bond acceptors (Lipinski definition) is 7. The molecule has 4 aliphatic carbocycles. The molecular formula is C25H42O7. The minimum Gasteiger partial charge on any atom is -0.461 e. The normalized spacial score (nSPS) is 53.9. The van der Waals surface area contributed by atoms with Gasteiger partial charge in [0.15, 0.2) is 0 Å². The van der Waals surface area contributed by atoms with Gasteiger partial charge in [0.05, 0.1) is 23.4 Å². The fraction of sp³-hybridized carbons (Fsp3) is 0.960. The Morgan fingerprint density at radius 1 is 1.00 bits per heavy atom. The van der Waals surface area contributed by atoms with Crippen molar-refractivity contribution in [1.29, 1.82) is 0 Å². The summed E-state index contributed by atoms with van der Waals surface area (Å²) in [6.45, 7) is 8.94. The predicted octanol–water partition coefficient (Wildman–Crippen LogP) is 1.91. The molecule has 32 heavy (non-hydrogen) atoms. The van der Waals surface area contributed by atoms with Crippen molar-refractivity contribution in [2.75, 3.05) is 0 Å². The maximum atomic E-state index is 12.7. The van der Waals surface area contributed by atoms with E-state index in [1.54, 1.807) is 27.7 Å². The monoisotopic (exact) mass is 454 g/mol. The minimum atomic E-state index is -1.71. The highest BCUT2D eigenvalue weighted by atomic mass is 16.5. The van der Waals surface area contributed by atoms with Crippen molar-refractivity contribution in [3.05, 3.63) is 0 Å². The third-order valence-electron chi connectivity index (χ3n) is 10.2. The number of aliphatic hydroxyl groups excluding tert-OH is 2. The van der Waals surface area contributed by atoms with Crippen LogP contribution in [0.3, 0.4) is 0 Å². The zero-order chi connectivity index (χ0) is 23.9. The quantitative estimate of drug-likeness (QED) is 0.411. The van der Waals surface area contributed by atoms with Gasteiger partial charge in [0.1, 0.15) is 11.7 Å². The number of unbranched alkanes of at least 4 members (excludes halogenated alkanes) is 1. The molecule has 184 valence electrons. The lowest BCUT2D eigenvalue weighted by Crippen LogP contribution is -2.60. The van der Waals surface area contributed by atoms with Crippen molar-refractivity contribution in [1.82, 2.24) is 0 Å². The summed E-state index contributed by atoms with van der Waals surface area (Å²) >= 11 is 0. The average molecular weight is 455 g/mol. The van der Waals surface area contributed by atoms with E-state index in [0.29, 0.717) is 25.7 Å². The number of ether oxygens (including phenoxy) is 1. The number of esters is 1. The molecule has 4 fully saturated rings. The van der Waals surface area contributed by atoms with E-state index >= 15 is 0 Å². The average Bonchev–Trinajstić information content (AvgIpc) is 2.91. The predicted molar refractivity (Wildman–Crippen MR) is 117 cm³/mol. The van der Waals surface area contributed by atoms with E-state index in [1.165, 1.54) is 0 Å². The van der Waals surface area contributed by atoms with E-state index in [4.69, 9.17) is 4.74 Å². The second-order valence-corrected chi connectivity index (χ2v) is 12.3. The number of fused-ring (bicyclic) bond motifs is 2. The SMILES string of the molecule is CCCCC(=O)O[C@@H]1C2CCC3[C@@](C)(O)C4CC(O)C(C)(C)C4(O)C(O)C[C@]31C[C@@]2(C)O. The second-order valence-electron chi connectivity index (χ2n) is 12.3. The first-order valence-corrected chi connectivity index (χ1v) is 12.4. The minimum absolute atomic E-state index is 0.106. The van der Waals surface area contributed by atoms with E-state index < -0.39 is 51.9 Å². The Bertz CT molecular complexity index is 761. The van der Waals surface area contributed by atoms with Crippen molar-refractivity contribution >= 4 is 5.97 Å². The Labute approximate surface area is 191 Å². The molecule has 0 aliphatic heterocycles. The second kappa shape index (κ2) is 7.38. The molecule has 0 aromatic carbocycles.